The standard InChI is InChI=1S/C12H11N2OS.C7H8O3S/c1-14-9-6-4-3-5-8(9)7-10-11(14)13-12(15-10)16-2;1-6-2-4-7(5-3-6)11(8,9)10/h3-7H,1-2H3;2-5H,1H3,(H,8,9,10)/q+1;/p-1. The van der Waals surface area contributed by atoms with Crippen molar-refractivity contribution in [2.45, 2.75) is 17.0 Å². The number of para-hydroxylation sites is 1. The lowest BCUT2D eigenvalue weighted by Crippen LogP contribution is -2.30. The highest BCUT2D eigenvalue weighted by molar-refractivity contribution is 7.98. The molecular weight excluding hydrogens is 384 g/mol. The van der Waals surface area contributed by atoms with Crippen LogP contribution in [0.3, 0.4) is 0 Å². The molecule has 0 aliphatic rings. The van der Waals surface area contributed by atoms with E-state index in [-0.39, 0.29) is 4.90 Å². The molecule has 0 N–H and O–H groups in total. The predicted molar refractivity (Wildman–Crippen MR) is 104 cm³/mol. The van der Waals surface area contributed by atoms with Gasteiger partial charge in [0.05, 0.1) is 11.9 Å². The van der Waals surface area contributed by atoms with E-state index in [4.69, 9.17) is 4.42 Å². The number of hydrogen-bond acceptors (Lipinski definition) is 6. The van der Waals surface area contributed by atoms with Crippen LogP contribution in [0, 0.1) is 6.92 Å². The molecule has 0 fully saturated rings. The third-order valence-electron chi connectivity index (χ3n) is 4.00. The smallest absolute Gasteiger partial charge is 0.371 e. The van der Waals surface area contributed by atoms with E-state index in [0.717, 1.165) is 22.3 Å². The van der Waals surface area contributed by atoms with E-state index in [2.05, 4.69) is 21.7 Å². The molecule has 2 aromatic carbocycles. The molecule has 27 heavy (non-hydrogen) atoms. The molecule has 0 amide bonds. The third kappa shape index (κ3) is 4.29. The molecule has 0 radical (unpaired) electrons. The summed E-state index contributed by atoms with van der Waals surface area (Å²) in [7, 11) is -2.26. The fraction of sp³-hybridized carbons (Fsp3) is 0.158. The Labute approximate surface area is 161 Å². The van der Waals surface area contributed by atoms with E-state index < -0.39 is 10.1 Å². The van der Waals surface area contributed by atoms with Crippen LogP contribution in [-0.4, -0.2) is 24.2 Å². The van der Waals surface area contributed by atoms with Gasteiger partial charge < -0.3 is 8.97 Å². The van der Waals surface area contributed by atoms with Crippen molar-refractivity contribution in [2.24, 2.45) is 7.05 Å². The minimum Gasteiger partial charge on any atom is -0.744 e. The summed E-state index contributed by atoms with van der Waals surface area (Å²) in [6.07, 6.45) is 1.96. The second-order valence-electron chi connectivity index (χ2n) is 5.90. The van der Waals surface area contributed by atoms with Crippen molar-refractivity contribution < 1.29 is 22.0 Å². The highest BCUT2D eigenvalue weighted by atomic mass is 32.2. The Kier molecular flexibility index (Phi) is 5.50. The highest BCUT2D eigenvalue weighted by Gasteiger charge is 2.18. The average Bonchev–Trinajstić information content (AvgIpc) is 3.06. The second kappa shape index (κ2) is 7.67. The Hall–Kier alpha value is -2.42. The van der Waals surface area contributed by atoms with E-state index in [1.54, 1.807) is 12.1 Å². The fourth-order valence-corrected chi connectivity index (χ4v) is 3.42. The maximum Gasteiger partial charge on any atom is 0.371 e. The SMILES string of the molecule is CSc1nc2c(cc3ccccc3[n+]2C)o1.Cc1ccc(S(=O)(=O)[O-])cc1. The predicted octanol–water partition coefficient (Wildman–Crippen LogP) is 3.43. The number of pyridine rings is 1. The molecule has 0 unspecified atom stereocenters. The molecule has 140 valence electrons. The van der Waals surface area contributed by atoms with E-state index in [9.17, 15) is 13.0 Å². The van der Waals surface area contributed by atoms with Crippen LogP contribution in [0.2, 0.25) is 0 Å². The van der Waals surface area contributed by atoms with Gasteiger partial charge >= 0.3 is 10.9 Å². The lowest BCUT2D eigenvalue weighted by Gasteiger charge is -2.05. The quantitative estimate of drug-likeness (QED) is 0.290. The first-order chi connectivity index (χ1) is 12.8. The monoisotopic (exact) mass is 402 g/mol. The second-order valence-corrected chi connectivity index (χ2v) is 8.04. The average molecular weight is 402 g/mol. The van der Waals surface area contributed by atoms with Crippen molar-refractivity contribution in [1.82, 2.24) is 4.98 Å². The minimum atomic E-state index is -4.27. The third-order valence-corrected chi connectivity index (χ3v) is 5.37. The lowest BCUT2D eigenvalue weighted by molar-refractivity contribution is -0.619. The Morgan fingerprint density at radius 1 is 1.11 bits per heavy atom. The maximum atomic E-state index is 10.4. The zero-order valence-electron chi connectivity index (χ0n) is 15.0. The van der Waals surface area contributed by atoms with Crippen LogP contribution < -0.4 is 4.57 Å². The van der Waals surface area contributed by atoms with Crippen LogP contribution in [-0.2, 0) is 17.2 Å². The van der Waals surface area contributed by atoms with Crippen LogP contribution >= 0.6 is 11.8 Å². The van der Waals surface area contributed by atoms with Gasteiger partial charge in [-0.3, -0.25) is 0 Å². The number of thioether (sulfide) groups is 1. The van der Waals surface area contributed by atoms with Crippen LogP contribution in [0.5, 0.6) is 0 Å². The molecule has 0 aliphatic carbocycles. The van der Waals surface area contributed by atoms with Gasteiger partial charge in [0.2, 0.25) is 5.58 Å². The molecule has 4 rings (SSSR count). The van der Waals surface area contributed by atoms with E-state index >= 15 is 0 Å². The van der Waals surface area contributed by atoms with Crippen molar-refractivity contribution in [3.63, 3.8) is 0 Å². The van der Waals surface area contributed by atoms with Crippen molar-refractivity contribution in [3.8, 4) is 0 Å². The molecule has 0 bridgehead atoms. The summed E-state index contributed by atoms with van der Waals surface area (Å²) in [4.78, 5) is 4.26. The normalized spacial score (nSPS) is 11.4. The zero-order valence-corrected chi connectivity index (χ0v) is 16.7. The molecule has 2 heterocycles. The first-order valence-corrected chi connectivity index (χ1v) is 10.7. The molecule has 0 saturated carbocycles. The zero-order chi connectivity index (χ0) is 19.6. The van der Waals surface area contributed by atoms with Gasteiger partial charge in [-0.1, -0.05) is 35.9 Å². The van der Waals surface area contributed by atoms with Gasteiger partial charge in [0.25, 0.3) is 0 Å². The van der Waals surface area contributed by atoms with Crippen LogP contribution in [0.1, 0.15) is 5.56 Å². The van der Waals surface area contributed by atoms with Gasteiger partial charge in [-0.05, 0) is 43.1 Å². The van der Waals surface area contributed by atoms with E-state index in [1.165, 1.54) is 29.3 Å². The molecule has 4 aromatic rings. The van der Waals surface area contributed by atoms with Crippen molar-refractivity contribution >= 4 is 44.0 Å². The molecule has 0 saturated heterocycles. The molecule has 6 nitrogen and oxygen atoms in total. The minimum absolute atomic E-state index is 0.178. The molecule has 8 heteroatoms. The highest BCUT2D eigenvalue weighted by Crippen LogP contribution is 2.22. The summed E-state index contributed by atoms with van der Waals surface area (Å²) in [6, 6.07) is 16.0. The maximum absolute atomic E-state index is 10.4. The van der Waals surface area contributed by atoms with Crippen molar-refractivity contribution in [3.05, 3.63) is 60.2 Å². The first kappa shape index (κ1) is 19.3. The number of fused-ring (bicyclic) bond motifs is 2. The molecule has 2 aromatic heterocycles. The molecule has 0 aliphatic heterocycles. The number of aryl methyl sites for hydroxylation is 2. The number of aromatic nitrogens is 2. The van der Waals surface area contributed by atoms with Gasteiger partial charge in [-0.25, -0.2) is 13.0 Å². The van der Waals surface area contributed by atoms with Crippen LogP contribution in [0.4, 0.5) is 0 Å². The van der Waals surface area contributed by atoms with Crippen molar-refractivity contribution in [2.75, 3.05) is 6.26 Å². The number of nitrogens with zero attached hydrogens (tertiary/aromatic N) is 2. The van der Waals surface area contributed by atoms with E-state index in [0.29, 0.717) is 5.22 Å². The number of oxazole rings is 1. The van der Waals surface area contributed by atoms with Crippen molar-refractivity contribution in [1.29, 1.82) is 0 Å². The number of benzene rings is 2. The molecule has 0 atom stereocenters. The fourth-order valence-electron chi connectivity index (χ4n) is 2.60. The number of rotatable bonds is 2. The van der Waals surface area contributed by atoms with Gasteiger partial charge in [0.15, 0.2) is 0 Å². The van der Waals surface area contributed by atoms with E-state index in [1.807, 2.05) is 38.4 Å². The summed E-state index contributed by atoms with van der Waals surface area (Å²) in [5.41, 5.74) is 3.82. The summed E-state index contributed by atoms with van der Waals surface area (Å²) < 4.78 is 38.9. The van der Waals surface area contributed by atoms with Crippen LogP contribution in [0.15, 0.2) is 69.1 Å². The summed E-state index contributed by atoms with van der Waals surface area (Å²) in [5, 5.41) is 1.88. The summed E-state index contributed by atoms with van der Waals surface area (Å²) in [6.45, 7) is 1.82. The van der Waals surface area contributed by atoms with Gasteiger partial charge in [-0.2, -0.15) is 0 Å². The summed E-state index contributed by atoms with van der Waals surface area (Å²) in [5.74, 6) is 0. The molecule has 0 spiro atoms. The molecular formula is C19H18N2O4S2. The van der Waals surface area contributed by atoms with Gasteiger partial charge in [0.1, 0.15) is 15.6 Å². The largest absolute Gasteiger partial charge is 0.744 e. The Morgan fingerprint density at radius 3 is 2.41 bits per heavy atom. The lowest BCUT2D eigenvalue weighted by atomic mass is 10.2. The summed E-state index contributed by atoms with van der Waals surface area (Å²) >= 11 is 1.52. The van der Waals surface area contributed by atoms with Gasteiger partial charge in [0, 0.05) is 16.4 Å². The number of hydrogen-bond donors (Lipinski definition) is 0. The Morgan fingerprint density at radius 2 is 1.78 bits per heavy atom. The first-order valence-electron chi connectivity index (χ1n) is 8.04. The van der Waals surface area contributed by atoms with Crippen LogP contribution in [0.25, 0.3) is 22.1 Å². The Bertz CT molecular complexity index is 1200. The van der Waals surface area contributed by atoms with Gasteiger partial charge in [-0.15, -0.1) is 0 Å². The topological polar surface area (TPSA) is 87.1 Å². The Balaban J connectivity index is 0.000000168.